The lowest BCUT2D eigenvalue weighted by atomic mass is 10.2. The maximum Gasteiger partial charge on any atom is 0.459 e. The quantitative estimate of drug-likeness (QED) is 0.694. The number of aromatic amines is 1. The summed E-state index contributed by atoms with van der Waals surface area (Å²) in [5.41, 5.74) is -0.0324. The van der Waals surface area contributed by atoms with E-state index in [1.54, 1.807) is 12.1 Å². The van der Waals surface area contributed by atoms with Gasteiger partial charge in [0.2, 0.25) is 0 Å². The minimum absolute atomic E-state index is 0.0288. The summed E-state index contributed by atoms with van der Waals surface area (Å²) in [7, 11) is -1.97. The van der Waals surface area contributed by atoms with Gasteiger partial charge in [0.05, 0.1) is 12.7 Å². The van der Waals surface area contributed by atoms with Crippen molar-refractivity contribution in [2.75, 3.05) is 13.7 Å². The van der Waals surface area contributed by atoms with E-state index in [0.717, 1.165) is 5.56 Å². The van der Waals surface area contributed by atoms with E-state index in [1.807, 2.05) is 12.1 Å². The fourth-order valence-corrected chi connectivity index (χ4v) is 3.88. The van der Waals surface area contributed by atoms with E-state index >= 15 is 0 Å². The van der Waals surface area contributed by atoms with Gasteiger partial charge in [0.1, 0.15) is 5.75 Å². The molecule has 2 atom stereocenters. The average molecular weight is 381 g/mol. The smallest absolute Gasteiger partial charge is 0.413 e. The molecule has 0 spiro atoms. The maximum absolute atomic E-state index is 12.7. The number of fused-ring (bicyclic) bond motifs is 1. The predicted molar refractivity (Wildman–Crippen MR) is 94.2 cm³/mol. The van der Waals surface area contributed by atoms with Crippen LogP contribution in [0, 0.1) is 0 Å². The molecule has 26 heavy (non-hydrogen) atoms. The van der Waals surface area contributed by atoms with E-state index in [-0.39, 0.29) is 6.61 Å². The van der Waals surface area contributed by atoms with Gasteiger partial charge in [-0.1, -0.05) is 18.2 Å². The van der Waals surface area contributed by atoms with Gasteiger partial charge in [-0.15, -0.1) is 0 Å². The molecule has 0 saturated carbocycles. The van der Waals surface area contributed by atoms with Gasteiger partial charge in [0, 0.05) is 38.0 Å². The highest BCUT2D eigenvalue weighted by atomic mass is 31.2. The Balaban J connectivity index is 1.56. The number of nitrogens with one attached hydrogen (secondary N) is 2. The molecule has 3 rings (SSSR count). The van der Waals surface area contributed by atoms with Crippen LogP contribution in [0.5, 0.6) is 5.75 Å². The summed E-state index contributed by atoms with van der Waals surface area (Å²) >= 11 is 0. The number of hydrogen-bond acceptors (Lipinski definition) is 6. The largest absolute Gasteiger partial charge is 0.459 e. The molecule has 0 bridgehead atoms. The standard InChI is InChI=1S/C16H20N3O6P/c1-23-13(6-8-19-9-7-15(20)18-16(19)21)11-24-26(22)17-10-12-4-2-3-5-14(12)25-26/h2-5,7,9,13H,6,8,10-11H2,1H3,(H,17,22)(H,18,20,21). The van der Waals surface area contributed by atoms with Crippen molar-refractivity contribution in [2.24, 2.45) is 0 Å². The lowest BCUT2D eigenvalue weighted by Gasteiger charge is -2.27. The molecular formula is C16H20N3O6P. The number of para-hydroxylation sites is 1. The SMILES string of the molecule is COC(CCn1ccc(=O)[nH]c1=O)COP1(=O)NCc2ccccc2O1. The van der Waals surface area contributed by atoms with Gasteiger partial charge in [-0.2, -0.15) is 0 Å². The number of nitrogens with zero attached hydrogens (tertiary/aromatic N) is 1. The Morgan fingerprint density at radius 2 is 2.12 bits per heavy atom. The number of benzene rings is 1. The Hall–Kier alpha value is -2.19. The average Bonchev–Trinajstić information content (AvgIpc) is 2.63. The number of aryl methyl sites for hydroxylation is 1. The zero-order valence-electron chi connectivity index (χ0n) is 14.2. The Labute approximate surface area is 149 Å². The minimum atomic E-state index is -3.47. The second-order valence-electron chi connectivity index (χ2n) is 5.78. The first-order valence-electron chi connectivity index (χ1n) is 8.09. The van der Waals surface area contributed by atoms with Crippen molar-refractivity contribution < 1.29 is 18.3 Å². The van der Waals surface area contributed by atoms with Gasteiger partial charge in [0.15, 0.2) is 0 Å². The topological polar surface area (TPSA) is 112 Å². The lowest BCUT2D eigenvalue weighted by Crippen LogP contribution is -2.31. The third-order valence-electron chi connectivity index (χ3n) is 4.01. The molecule has 1 aromatic heterocycles. The van der Waals surface area contributed by atoms with Crippen molar-refractivity contribution in [3.8, 4) is 5.75 Å². The van der Waals surface area contributed by atoms with E-state index in [0.29, 0.717) is 25.3 Å². The number of methoxy groups -OCH3 is 1. The van der Waals surface area contributed by atoms with Gasteiger partial charge in [0.25, 0.3) is 5.56 Å². The summed E-state index contributed by atoms with van der Waals surface area (Å²) in [5.74, 6) is 0.531. The van der Waals surface area contributed by atoms with Crippen LogP contribution in [0.25, 0.3) is 0 Å². The summed E-state index contributed by atoms with van der Waals surface area (Å²) in [6, 6.07) is 8.57. The fourth-order valence-electron chi connectivity index (χ4n) is 2.51. The van der Waals surface area contributed by atoms with Gasteiger partial charge < -0.3 is 13.8 Å². The van der Waals surface area contributed by atoms with E-state index in [9.17, 15) is 14.2 Å². The minimum Gasteiger partial charge on any atom is -0.413 e. The first kappa shape index (κ1) is 18.6. The number of ether oxygens (including phenoxy) is 1. The van der Waals surface area contributed by atoms with Crippen LogP contribution in [0.4, 0.5) is 0 Å². The highest BCUT2D eigenvalue weighted by Gasteiger charge is 2.32. The molecule has 0 radical (unpaired) electrons. The molecular weight excluding hydrogens is 361 g/mol. The highest BCUT2D eigenvalue weighted by Crippen LogP contribution is 2.48. The van der Waals surface area contributed by atoms with Crippen LogP contribution in [0.15, 0.2) is 46.1 Å². The van der Waals surface area contributed by atoms with Crippen molar-refractivity contribution in [1.82, 2.24) is 14.6 Å². The van der Waals surface area contributed by atoms with Crippen LogP contribution in [-0.2, 0) is 26.9 Å². The van der Waals surface area contributed by atoms with Crippen molar-refractivity contribution in [1.29, 1.82) is 0 Å². The molecule has 2 N–H and O–H groups in total. The first-order valence-corrected chi connectivity index (χ1v) is 9.63. The molecule has 1 aromatic carbocycles. The normalized spacial score (nSPS) is 20.2. The van der Waals surface area contributed by atoms with Crippen LogP contribution in [-0.4, -0.2) is 29.4 Å². The van der Waals surface area contributed by atoms with Gasteiger partial charge >= 0.3 is 13.4 Å². The van der Waals surface area contributed by atoms with E-state index in [4.69, 9.17) is 13.8 Å². The number of rotatable bonds is 7. The Morgan fingerprint density at radius 3 is 2.88 bits per heavy atom. The molecule has 0 saturated heterocycles. The summed E-state index contributed by atoms with van der Waals surface area (Å²) in [4.78, 5) is 24.9. The summed E-state index contributed by atoms with van der Waals surface area (Å²) in [6.45, 7) is 0.734. The monoisotopic (exact) mass is 381 g/mol. The number of aromatic nitrogens is 2. The second kappa shape index (κ2) is 8.01. The molecule has 140 valence electrons. The first-order chi connectivity index (χ1) is 12.5. The fraction of sp³-hybridized carbons (Fsp3) is 0.375. The van der Waals surface area contributed by atoms with Crippen molar-refractivity contribution >= 4 is 7.75 Å². The molecule has 9 nitrogen and oxygen atoms in total. The third kappa shape index (κ3) is 4.50. The summed E-state index contributed by atoms with van der Waals surface area (Å²) < 4.78 is 30.3. The molecule has 1 aliphatic rings. The molecule has 1 aliphatic heterocycles. The van der Waals surface area contributed by atoms with Crippen LogP contribution < -0.4 is 20.9 Å². The van der Waals surface area contributed by atoms with Crippen molar-refractivity contribution in [3.63, 3.8) is 0 Å². The van der Waals surface area contributed by atoms with Gasteiger partial charge in [-0.05, 0) is 12.5 Å². The Morgan fingerprint density at radius 1 is 1.31 bits per heavy atom. The Kier molecular flexibility index (Phi) is 5.73. The number of hydrogen-bond donors (Lipinski definition) is 2. The lowest BCUT2D eigenvalue weighted by molar-refractivity contribution is 0.0440. The van der Waals surface area contributed by atoms with E-state index in [2.05, 4.69) is 10.1 Å². The van der Waals surface area contributed by atoms with Crippen LogP contribution >= 0.6 is 7.75 Å². The predicted octanol–water partition coefficient (Wildman–Crippen LogP) is 1.25. The molecule has 2 unspecified atom stereocenters. The molecule has 0 amide bonds. The van der Waals surface area contributed by atoms with Crippen LogP contribution in [0.3, 0.4) is 0 Å². The van der Waals surface area contributed by atoms with Crippen LogP contribution in [0.2, 0.25) is 0 Å². The summed E-state index contributed by atoms with van der Waals surface area (Å²) in [5, 5.41) is 2.78. The van der Waals surface area contributed by atoms with E-state index in [1.165, 1.54) is 23.9 Å². The zero-order chi connectivity index (χ0) is 18.6. The summed E-state index contributed by atoms with van der Waals surface area (Å²) in [6.07, 6.45) is 1.45. The second-order valence-corrected chi connectivity index (χ2v) is 7.53. The highest BCUT2D eigenvalue weighted by molar-refractivity contribution is 7.52. The van der Waals surface area contributed by atoms with Gasteiger partial charge in [-0.3, -0.25) is 14.3 Å². The molecule has 0 aliphatic carbocycles. The van der Waals surface area contributed by atoms with Crippen molar-refractivity contribution in [3.05, 3.63) is 62.9 Å². The van der Waals surface area contributed by atoms with Crippen LogP contribution in [0.1, 0.15) is 12.0 Å². The molecule has 10 heteroatoms. The molecule has 2 heterocycles. The number of H-pyrrole nitrogens is 1. The van der Waals surface area contributed by atoms with E-state index < -0.39 is 25.1 Å². The Bertz CT molecular complexity index is 924. The molecule has 0 fully saturated rings. The molecule has 2 aromatic rings. The third-order valence-corrected chi connectivity index (χ3v) is 5.48. The zero-order valence-corrected chi connectivity index (χ0v) is 15.1. The van der Waals surface area contributed by atoms with Crippen molar-refractivity contribution in [2.45, 2.75) is 25.6 Å². The van der Waals surface area contributed by atoms with Gasteiger partial charge in [-0.25, -0.2) is 14.4 Å². The maximum atomic E-state index is 12.7.